The van der Waals surface area contributed by atoms with E-state index in [9.17, 15) is 0 Å². The van der Waals surface area contributed by atoms with Crippen molar-refractivity contribution in [1.82, 2.24) is 15.2 Å². The molecule has 0 saturated carbocycles. The smallest absolute Gasteiger partial charge is 0.277 e. The number of aryl methyl sites for hydroxylation is 2. The number of thiazole rings is 1. The van der Waals surface area contributed by atoms with Gasteiger partial charge in [0.05, 0.1) is 5.69 Å². The van der Waals surface area contributed by atoms with Crippen molar-refractivity contribution < 1.29 is 4.42 Å². The maximum atomic E-state index is 5.80. The number of rotatable bonds is 6. The van der Waals surface area contributed by atoms with Gasteiger partial charge in [-0.15, -0.1) is 21.5 Å². The topological polar surface area (TPSA) is 63.8 Å². The first kappa shape index (κ1) is 17.8. The van der Waals surface area contributed by atoms with E-state index in [0.29, 0.717) is 16.9 Å². The summed E-state index contributed by atoms with van der Waals surface area (Å²) in [6, 6.07) is 16.2. The number of anilines is 2. The summed E-state index contributed by atoms with van der Waals surface area (Å²) in [5.41, 5.74) is 5.32. The van der Waals surface area contributed by atoms with E-state index in [2.05, 4.69) is 52.5 Å². The molecule has 5 nitrogen and oxygen atoms in total. The SMILES string of the molecule is Cc1cc(C)cc(-c2nnc(SCc3csc(Nc4ccccc4)n3)o2)c1. The van der Waals surface area contributed by atoms with Gasteiger partial charge < -0.3 is 9.73 Å². The number of nitrogens with one attached hydrogen (secondary N) is 1. The Morgan fingerprint density at radius 2 is 1.81 bits per heavy atom. The molecule has 0 fully saturated rings. The van der Waals surface area contributed by atoms with E-state index >= 15 is 0 Å². The van der Waals surface area contributed by atoms with Gasteiger partial charge in [0.25, 0.3) is 5.22 Å². The number of thioether (sulfide) groups is 1. The van der Waals surface area contributed by atoms with Gasteiger partial charge in [-0.2, -0.15) is 0 Å². The fourth-order valence-corrected chi connectivity index (χ4v) is 4.19. The molecule has 0 aliphatic carbocycles. The van der Waals surface area contributed by atoms with Crippen LogP contribution in [-0.2, 0) is 5.75 Å². The molecular formula is C20H18N4OS2. The molecule has 2 aromatic carbocycles. The molecule has 4 rings (SSSR count). The summed E-state index contributed by atoms with van der Waals surface area (Å²) < 4.78 is 5.80. The second-order valence-electron chi connectivity index (χ2n) is 6.17. The summed E-state index contributed by atoms with van der Waals surface area (Å²) in [6.07, 6.45) is 0. The molecule has 0 amide bonds. The predicted molar refractivity (Wildman–Crippen MR) is 111 cm³/mol. The van der Waals surface area contributed by atoms with E-state index in [4.69, 9.17) is 4.42 Å². The lowest BCUT2D eigenvalue weighted by Gasteiger charge is -2.00. The van der Waals surface area contributed by atoms with Gasteiger partial charge in [-0.25, -0.2) is 4.98 Å². The normalized spacial score (nSPS) is 10.9. The molecule has 0 unspecified atom stereocenters. The van der Waals surface area contributed by atoms with Crippen molar-refractivity contribution in [3.05, 3.63) is 70.7 Å². The lowest BCUT2D eigenvalue weighted by atomic mass is 10.1. The lowest BCUT2D eigenvalue weighted by molar-refractivity contribution is 0.465. The Labute approximate surface area is 165 Å². The highest BCUT2D eigenvalue weighted by atomic mass is 32.2. The summed E-state index contributed by atoms with van der Waals surface area (Å²) in [4.78, 5) is 4.61. The van der Waals surface area contributed by atoms with Crippen molar-refractivity contribution in [2.24, 2.45) is 0 Å². The summed E-state index contributed by atoms with van der Waals surface area (Å²) in [5.74, 6) is 1.23. The Balaban J connectivity index is 1.39. The Hall–Kier alpha value is -2.64. The fourth-order valence-electron chi connectivity index (χ4n) is 2.69. The molecule has 0 saturated heterocycles. The molecule has 27 heavy (non-hydrogen) atoms. The first-order chi connectivity index (χ1) is 13.2. The summed E-state index contributed by atoms with van der Waals surface area (Å²) in [7, 11) is 0. The Morgan fingerprint density at radius 3 is 2.59 bits per heavy atom. The van der Waals surface area contributed by atoms with Crippen LogP contribution in [0.15, 0.2) is 63.6 Å². The third-order valence-corrected chi connectivity index (χ3v) is 5.45. The molecule has 0 aliphatic rings. The van der Waals surface area contributed by atoms with Crippen molar-refractivity contribution in [3.8, 4) is 11.5 Å². The van der Waals surface area contributed by atoms with Crippen LogP contribution >= 0.6 is 23.1 Å². The number of hydrogen-bond donors (Lipinski definition) is 1. The van der Waals surface area contributed by atoms with Crippen molar-refractivity contribution in [3.63, 3.8) is 0 Å². The molecule has 1 N–H and O–H groups in total. The average Bonchev–Trinajstić information content (AvgIpc) is 3.29. The van der Waals surface area contributed by atoms with Crippen LogP contribution in [-0.4, -0.2) is 15.2 Å². The molecule has 4 aromatic rings. The number of para-hydroxylation sites is 1. The van der Waals surface area contributed by atoms with Gasteiger partial charge in [0.1, 0.15) is 0 Å². The van der Waals surface area contributed by atoms with Gasteiger partial charge in [0, 0.05) is 22.4 Å². The maximum absolute atomic E-state index is 5.80. The van der Waals surface area contributed by atoms with E-state index in [1.165, 1.54) is 22.9 Å². The molecule has 0 aliphatic heterocycles. The van der Waals surface area contributed by atoms with Gasteiger partial charge in [-0.3, -0.25) is 0 Å². The number of nitrogens with zero attached hydrogens (tertiary/aromatic N) is 3. The first-order valence-corrected chi connectivity index (χ1v) is 10.3. The second-order valence-corrected chi connectivity index (χ2v) is 7.96. The number of hydrogen-bond acceptors (Lipinski definition) is 7. The standard InChI is InChI=1S/C20H18N4OS2/c1-13-8-14(2)10-15(9-13)18-23-24-20(25-18)27-12-17-11-26-19(22-17)21-16-6-4-3-5-7-16/h3-11H,12H2,1-2H3,(H,21,22). The molecule has 136 valence electrons. The zero-order valence-corrected chi connectivity index (χ0v) is 16.6. The third-order valence-electron chi connectivity index (χ3n) is 3.80. The van der Waals surface area contributed by atoms with Crippen LogP contribution in [0.5, 0.6) is 0 Å². The Bertz CT molecular complexity index is 1020. The predicted octanol–water partition coefficient (Wildman–Crippen LogP) is 5.85. The summed E-state index contributed by atoms with van der Waals surface area (Å²) >= 11 is 3.08. The largest absolute Gasteiger partial charge is 0.411 e. The third kappa shape index (κ3) is 4.56. The van der Waals surface area contributed by atoms with Crippen molar-refractivity contribution >= 4 is 33.9 Å². The van der Waals surface area contributed by atoms with E-state index < -0.39 is 0 Å². The highest BCUT2D eigenvalue weighted by molar-refractivity contribution is 7.98. The average molecular weight is 395 g/mol. The van der Waals surface area contributed by atoms with E-state index in [0.717, 1.165) is 22.1 Å². The molecular weight excluding hydrogens is 376 g/mol. The van der Waals surface area contributed by atoms with Crippen LogP contribution in [0.3, 0.4) is 0 Å². The highest BCUT2D eigenvalue weighted by Crippen LogP contribution is 2.28. The summed E-state index contributed by atoms with van der Waals surface area (Å²) in [6.45, 7) is 4.12. The van der Waals surface area contributed by atoms with Gasteiger partial charge >= 0.3 is 0 Å². The minimum Gasteiger partial charge on any atom is -0.411 e. The minimum absolute atomic E-state index is 0.550. The van der Waals surface area contributed by atoms with Crippen LogP contribution < -0.4 is 5.32 Å². The van der Waals surface area contributed by atoms with Crippen molar-refractivity contribution in [1.29, 1.82) is 0 Å². The molecule has 2 heterocycles. The van der Waals surface area contributed by atoms with E-state index in [-0.39, 0.29) is 0 Å². The number of benzene rings is 2. The molecule has 0 atom stereocenters. The quantitative estimate of drug-likeness (QED) is 0.414. The van der Waals surface area contributed by atoms with E-state index in [1.54, 1.807) is 11.3 Å². The Morgan fingerprint density at radius 1 is 1.04 bits per heavy atom. The monoisotopic (exact) mass is 394 g/mol. The highest BCUT2D eigenvalue weighted by Gasteiger charge is 2.11. The minimum atomic E-state index is 0.550. The van der Waals surface area contributed by atoms with Crippen LogP contribution in [0.4, 0.5) is 10.8 Å². The van der Waals surface area contributed by atoms with Gasteiger partial charge in [-0.05, 0) is 38.1 Å². The van der Waals surface area contributed by atoms with Gasteiger partial charge in [-0.1, -0.05) is 47.2 Å². The Kier molecular flexibility index (Phi) is 5.22. The van der Waals surface area contributed by atoms with Crippen LogP contribution in [0.25, 0.3) is 11.5 Å². The zero-order valence-electron chi connectivity index (χ0n) is 15.0. The second kappa shape index (κ2) is 7.94. The van der Waals surface area contributed by atoms with Crippen LogP contribution in [0.1, 0.15) is 16.8 Å². The van der Waals surface area contributed by atoms with Crippen molar-refractivity contribution in [2.75, 3.05) is 5.32 Å². The zero-order chi connectivity index (χ0) is 18.6. The molecule has 0 bridgehead atoms. The maximum Gasteiger partial charge on any atom is 0.277 e. The summed E-state index contributed by atoms with van der Waals surface area (Å²) in [5, 5.41) is 15.1. The molecule has 7 heteroatoms. The molecule has 2 aromatic heterocycles. The van der Waals surface area contributed by atoms with Gasteiger partial charge in [0.15, 0.2) is 5.13 Å². The van der Waals surface area contributed by atoms with E-state index in [1.807, 2.05) is 35.7 Å². The lowest BCUT2D eigenvalue weighted by Crippen LogP contribution is -1.89. The first-order valence-electron chi connectivity index (χ1n) is 8.47. The molecule has 0 spiro atoms. The van der Waals surface area contributed by atoms with Gasteiger partial charge in [0.2, 0.25) is 5.89 Å². The van der Waals surface area contributed by atoms with Crippen LogP contribution in [0, 0.1) is 13.8 Å². The fraction of sp³-hybridized carbons (Fsp3) is 0.150. The van der Waals surface area contributed by atoms with Crippen molar-refractivity contribution in [2.45, 2.75) is 24.8 Å². The number of aromatic nitrogens is 3. The molecule has 0 radical (unpaired) electrons. The van der Waals surface area contributed by atoms with Crippen LogP contribution in [0.2, 0.25) is 0 Å².